The number of rotatable bonds is 6. The van der Waals surface area contributed by atoms with Crippen molar-refractivity contribution in [1.29, 1.82) is 0 Å². The van der Waals surface area contributed by atoms with Gasteiger partial charge in [0.1, 0.15) is 5.56 Å². The number of hydrogen-bond acceptors (Lipinski definition) is 5. The third kappa shape index (κ3) is 4.67. The Balaban J connectivity index is 1.48. The van der Waals surface area contributed by atoms with Gasteiger partial charge in [-0.05, 0) is 37.6 Å². The molecule has 2 aromatic carbocycles. The average molecular weight is 382 g/mol. The monoisotopic (exact) mass is 382 g/mol. The molecule has 0 aromatic heterocycles. The molecule has 0 bridgehead atoms. The van der Waals surface area contributed by atoms with Crippen molar-refractivity contribution in [3.8, 4) is 0 Å². The molecule has 1 amide bonds. The SMILES string of the molecule is Cc1cccc(N2CCN(CCNC(=O)c3cccc(C)c3[N+](=O)[O-])CC2)c1. The number of carbonyl (C=O) groups is 1. The molecule has 0 spiro atoms. The van der Waals surface area contributed by atoms with E-state index in [0.29, 0.717) is 12.1 Å². The number of nitro groups is 1. The molecule has 7 nitrogen and oxygen atoms in total. The number of benzene rings is 2. The maximum Gasteiger partial charge on any atom is 0.285 e. The van der Waals surface area contributed by atoms with E-state index < -0.39 is 10.8 Å². The average Bonchev–Trinajstić information content (AvgIpc) is 2.68. The summed E-state index contributed by atoms with van der Waals surface area (Å²) in [5.41, 5.74) is 3.00. The molecule has 0 radical (unpaired) electrons. The number of amides is 1. The van der Waals surface area contributed by atoms with Crippen molar-refractivity contribution in [2.75, 3.05) is 44.2 Å². The van der Waals surface area contributed by atoms with Crippen LogP contribution in [0.1, 0.15) is 21.5 Å². The Kier molecular flexibility index (Phi) is 6.26. The number of aryl methyl sites for hydroxylation is 2. The molecule has 1 aliphatic heterocycles. The van der Waals surface area contributed by atoms with Crippen LogP contribution in [0, 0.1) is 24.0 Å². The van der Waals surface area contributed by atoms with Gasteiger partial charge in [-0.1, -0.05) is 24.3 Å². The van der Waals surface area contributed by atoms with Crippen LogP contribution in [0.2, 0.25) is 0 Å². The molecule has 1 fully saturated rings. The molecule has 7 heteroatoms. The summed E-state index contributed by atoms with van der Waals surface area (Å²) >= 11 is 0. The largest absolute Gasteiger partial charge is 0.369 e. The quantitative estimate of drug-likeness (QED) is 0.614. The molecule has 2 aromatic rings. The van der Waals surface area contributed by atoms with E-state index in [4.69, 9.17) is 0 Å². The van der Waals surface area contributed by atoms with Crippen molar-refractivity contribution >= 4 is 17.3 Å². The lowest BCUT2D eigenvalue weighted by Crippen LogP contribution is -2.48. The summed E-state index contributed by atoms with van der Waals surface area (Å²) in [5.74, 6) is -0.395. The first kappa shape index (κ1) is 19.8. The van der Waals surface area contributed by atoms with Gasteiger partial charge in [0.05, 0.1) is 4.92 Å². The van der Waals surface area contributed by atoms with Crippen molar-refractivity contribution in [3.05, 3.63) is 69.3 Å². The van der Waals surface area contributed by atoms with Crippen LogP contribution in [0.4, 0.5) is 11.4 Å². The Morgan fingerprint density at radius 1 is 1.11 bits per heavy atom. The van der Waals surface area contributed by atoms with Crippen LogP contribution in [-0.4, -0.2) is 55.0 Å². The number of anilines is 1. The molecular formula is C21H26N4O3. The summed E-state index contributed by atoms with van der Waals surface area (Å²) in [6.45, 7) is 8.68. The highest BCUT2D eigenvalue weighted by Crippen LogP contribution is 2.23. The van der Waals surface area contributed by atoms with Crippen LogP contribution in [0.5, 0.6) is 0 Å². The lowest BCUT2D eigenvalue weighted by atomic mass is 10.1. The predicted molar refractivity (Wildman–Crippen MR) is 110 cm³/mol. The number of nitrogens with zero attached hydrogens (tertiary/aromatic N) is 3. The van der Waals surface area contributed by atoms with E-state index in [1.807, 2.05) is 0 Å². The maximum atomic E-state index is 12.4. The fraction of sp³-hybridized carbons (Fsp3) is 0.381. The second kappa shape index (κ2) is 8.84. The first-order chi connectivity index (χ1) is 13.5. The summed E-state index contributed by atoms with van der Waals surface area (Å²) in [6.07, 6.45) is 0. The van der Waals surface area contributed by atoms with E-state index in [1.54, 1.807) is 19.1 Å². The van der Waals surface area contributed by atoms with Gasteiger partial charge in [-0.15, -0.1) is 0 Å². The molecule has 148 valence electrons. The first-order valence-corrected chi connectivity index (χ1v) is 9.52. The highest BCUT2D eigenvalue weighted by Gasteiger charge is 2.22. The van der Waals surface area contributed by atoms with E-state index in [2.05, 4.69) is 46.3 Å². The normalized spacial score (nSPS) is 14.7. The zero-order chi connectivity index (χ0) is 20.1. The van der Waals surface area contributed by atoms with Gasteiger partial charge in [-0.2, -0.15) is 0 Å². The fourth-order valence-corrected chi connectivity index (χ4v) is 3.56. The fourth-order valence-electron chi connectivity index (χ4n) is 3.56. The lowest BCUT2D eigenvalue weighted by molar-refractivity contribution is -0.385. The Morgan fingerprint density at radius 3 is 2.50 bits per heavy atom. The van der Waals surface area contributed by atoms with Crippen LogP contribution in [0.15, 0.2) is 42.5 Å². The minimum atomic E-state index is -0.491. The zero-order valence-electron chi connectivity index (χ0n) is 16.4. The van der Waals surface area contributed by atoms with Crippen molar-refractivity contribution in [1.82, 2.24) is 10.2 Å². The smallest absolute Gasteiger partial charge is 0.285 e. The number of hydrogen-bond donors (Lipinski definition) is 1. The Hall–Kier alpha value is -2.93. The van der Waals surface area contributed by atoms with Gasteiger partial charge in [0, 0.05) is 50.5 Å². The number of carbonyl (C=O) groups excluding carboxylic acids is 1. The number of piperazine rings is 1. The van der Waals surface area contributed by atoms with Gasteiger partial charge < -0.3 is 10.2 Å². The van der Waals surface area contributed by atoms with Crippen molar-refractivity contribution in [2.24, 2.45) is 0 Å². The molecule has 3 rings (SSSR count). The molecule has 0 atom stereocenters. The molecule has 0 unspecified atom stereocenters. The summed E-state index contributed by atoms with van der Waals surface area (Å²) in [6, 6.07) is 13.3. The zero-order valence-corrected chi connectivity index (χ0v) is 16.4. The van der Waals surface area contributed by atoms with E-state index >= 15 is 0 Å². The third-order valence-electron chi connectivity index (χ3n) is 5.12. The van der Waals surface area contributed by atoms with Crippen molar-refractivity contribution in [3.63, 3.8) is 0 Å². The van der Waals surface area contributed by atoms with Crippen molar-refractivity contribution < 1.29 is 9.72 Å². The van der Waals surface area contributed by atoms with Gasteiger partial charge in [0.25, 0.3) is 11.6 Å². The molecular weight excluding hydrogens is 356 g/mol. The summed E-state index contributed by atoms with van der Waals surface area (Å²) in [5, 5.41) is 14.1. The first-order valence-electron chi connectivity index (χ1n) is 9.52. The van der Waals surface area contributed by atoms with Gasteiger partial charge in [0.2, 0.25) is 0 Å². The topological polar surface area (TPSA) is 78.7 Å². The Labute approximate surface area is 165 Å². The maximum absolute atomic E-state index is 12.4. The second-order valence-corrected chi connectivity index (χ2v) is 7.15. The minimum Gasteiger partial charge on any atom is -0.369 e. The molecule has 0 saturated carbocycles. The Bertz CT molecular complexity index is 860. The molecule has 1 heterocycles. The van der Waals surface area contributed by atoms with Crippen LogP contribution in [0.25, 0.3) is 0 Å². The molecule has 1 aliphatic rings. The van der Waals surface area contributed by atoms with E-state index in [1.165, 1.54) is 17.3 Å². The van der Waals surface area contributed by atoms with Crippen LogP contribution >= 0.6 is 0 Å². The summed E-state index contributed by atoms with van der Waals surface area (Å²) in [7, 11) is 0. The van der Waals surface area contributed by atoms with Gasteiger partial charge in [-0.3, -0.25) is 19.8 Å². The van der Waals surface area contributed by atoms with Crippen LogP contribution < -0.4 is 10.2 Å². The van der Waals surface area contributed by atoms with E-state index in [0.717, 1.165) is 32.7 Å². The molecule has 28 heavy (non-hydrogen) atoms. The van der Waals surface area contributed by atoms with Gasteiger partial charge in [0.15, 0.2) is 0 Å². The second-order valence-electron chi connectivity index (χ2n) is 7.15. The number of nitro benzene ring substituents is 1. The van der Waals surface area contributed by atoms with Crippen LogP contribution in [0.3, 0.4) is 0 Å². The van der Waals surface area contributed by atoms with Crippen LogP contribution in [-0.2, 0) is 0 Å². The summed E-state index contributed by atoms with van der Waals surface area (Å²) in [4.78, 5) is 27.8. The molecule has 1 N–H and O–H groups in total. The minimum absolute atomic E-state index is 0.119. The predicted octanol–water partition coefficient (Wildman–Crippen LogP) is 2.76. The third-order valence-corrected chi connectivity index (χ3v) is 5.12. The highest BCUT2D eigenvalue weighted by atomic mass is 16.6. The van der Waals surface area contributed by atoms with Crippen molar-refractivity contribution in [2.45, 2.75) is 13.8 Å². The molecule has 0 aliphatic carbocycles. The lowest BCUT2D eigenvalue weighted by Gasteiger charge is -2.36. The highest BCUT2D eigenvalue weighted by molar-refractivity contribution is 5.98. The van der Waals surface area contributed by atoms with E-state index in [9.17, 15) is 14.9 Å². The standard InChI is InChI=1S/C21H26N4O3/c1-16-5-3-7-18(15-16)24-13-11-23(12-14-24)10-9-22-21(26)19-8-4-6-17(2)20(19)25(27)28/h3-8,15H,9-14H2,1-2H3,(H,22,26). The van der Waals surface area contributed by atoms with E-state index in [-0.39, 0.29) is 11.3 Å². The van der Waals surface area contributed by atoms with Gasteiger partial charge >= 0.3 is 0 Å². The van der Waals surface area contributed by atoms with Gasteiger partial charge in [-0.25, -0.2) is 0 Å². The Morgan fingerprint density at radius 2 is 1.82 bits per heavy atom. The summed E-state index contributed by atoms with van der Waals surface area (Å²) < 4.78 is 0. The number of nitrogens with one attached hydrogen (secondary N) is 1. The number of para-hydroxylation sites is 1. The molecule has 1 saturated heterocycles.